The van der Waals surface area contributed by atoms with Crippen molar-refractivity contribution in [2.45, 2.75) is 38.2 Å². The second kappa shape index (κ2) is 8.32. The van der Waals surface area contributed by atoms with Crippen molar-refractivity contribution < 1.29 is 22.7 Å². The summed E-state index contributed by atoms with van der Waals surface area (Å²) in [6.45, 7) is 5.05. The van der Waals surface area contributed by atoms with Crippen LogP contribution >= 0.6 is 0 Å². The van der Waals surface area contributed by atoms with E-state index in [1.807, 2.05) is 32.0 Å². The minimum absolute atomic E-state index is 0.00208. The second-order valence-corrected chi connectivity index (χ2v) is 8.96. The molecule has 1 heterocycles. The largest absolute Gasteiger partial charge is 0.495 e. The Balaban J connectivity index is 1.83. The molecule has 0 unspecified atom stereocenters. The van der Waals surface area contributed by atoms with Crippen LogP contribution in [0.25, 0.3) is 0 Å². The van der Waals surface area contributed by atoms with Gasteiger partial charge in [0.25, 0.3) is 0 Å². The molecule has 7 heteroatoms. The molecule has 0 atom stereocenters. The van der Waals surface area contributed by atoms with Crippen molar-refractivity contribution >= 4 is 16.0 Å². The van der Waals surface area contributed by atoms with Gasteiger partial charge in [-0.3, -0.25) is 0 Å². The van der Waals surface area contributed by atoms with E-state index in [1.54, 1.807) is 0 Å². The highest BCUT2D eigenvalue weighted by molar-refractivity contribution is 7.89. The van der Waals surface area contributed by atoms with Crippen molar-refractivity contribution in [3.8, 4) is 5.75 Å². The molecule has 1 aliphatic heterocycles. The van der Waals surface area contributed by atoms with Crippen LogP contribution in [0.5, 0.6) is 5.75 Å². The molecule has 1 fully saturated rings. The molecule has 2 aromatic rings. The summed E-state index contributed by atoms with van der Waals surface area (Å²) in [7, 11) is -2.30. The molecule has 6 nitrogen and oxygen atoms in total. The maximum absolute atomic E-state index is 12.9. The standard InChI is InChI=1S/C21H25NO5S/c1-15-10-16(2)12-17(11-15)14-27-21(23)18-6-7-19(26-3)20(13-18)28(24,25)22-8-4-5-9-22/h6-7,10-13H,4-5,8-9,14H2,1-3H3. The normalized spacial score (nSPS) is 14.8. The van der Waals surface area contributed by atoms with Crippen LogP contribution in [-0.4, -0.2) is 38.9 Å². The smallest absolute Gasteiger partial charge is 0.338 e. The van der Waals surface area contributed by atoms with Gasteiger partial charge in [0.1, 0.15) is 17.3 Å². The van der Waals surface area contributed by atoms with Crippen molar-refractivity contribution in [1.29, 1.82) is 0 Å². The molecule has 1 aliphatic rings. The van der Waals surface area contributed by atoms with Gasteiger partial charge in [0, 0.05) is 13.1 Å². The number of carbonyl (C=O) groups is 1. The third-order valence-electron chi connectivity index (χ3n) is 4.73. The van der Waals surface area contributed by atoms with Gasteiger partial charge < -0.3 is 9.47 Å². The number of benzene rings is 2. The molecule has 150 valence electrons. The molecule has 3 rings (SSSR count). The SMILES string of the molecule is COc1ccc(C(=O)OCc2cc(C)cc(C)c2)cc1S(=O)(=O)N1CCCC1. The Bertz CT molecular complexity index is 958. The summed E-state index contributed by atoms with van der Waals surface area (Å²) in [6, 6.07) is 10.3. The molecule has 0 aromatic heterocycles. The zero-order chi connectivity index (χ0) is 20.3. The number of aryl methyl sites for hydroxylation is 2. The van der Waals surface area contributed by atoms with Gasteiger partial charge in [-0.2, -0.15) is 4.31 Å². The third-order valence-corrected chi connectivity index (χ3v) is 6.65. The predicted octanol–water partition coefficient (Wildman–Crippen LogP) is 3.45. The van der Waals surface area contributed by atoms with Crippen LogP contribution in [0.3, 0.4) is 0 Å². The number of rotatable bonds is 6. The summed E-state index contributed by atoms with van der Waals surface area (Å²) in [5.74, 6) is -0.350. The van der Waals surface area contributed by atoms with Crippen LogP contribution in [0.15, 0.2) is 41.3 Å². The van der Waals surface area contributed by atoms with E-state index < -0.39 is 16.0 Å². The Morgan fingerprint density at radius 2 is 1.68 bits per heavy atom. The van der Waals surface area contributed by atoms with Crippen LogP contribution in [0.2, 0.25) is 0 Å². The van der Waals surface area contributed by atoms with Crippen LogP contribution in [0.4, 0.5) is 0 Å². The number of methoxy groups -OCH3 is 1. The van der Waals surface area contributed by atoms with E-state index >= 15 is 0 Å². The fraction of sp³-hybridized carbons (Fsp3) is 0.381. The van der Waals surface area contributed by atoms with E-state index in [0.29, 0.717) is 13.1 Å². The van der Waals surface area contributed by atoms with Gasteiger partial charge in [-0.1, -0.05) is 29.3 Å². The van der Waals surface area contributed by atoms with E-state index in [0.717, 1.165) is 29.5 Å². The van der Waals surface area contributed by atoms with Crippen molar-refractivity contribution in [2.75, 3.05) is 20.2 Å². The lowest BCUT2D eigenvalue weighted by atomic mass is 10.1. The van der Waals surface area contributed by atoms with E-state index in [-0.39, 0.29) is 22.8 Å². The van der Waals surface area contributed by atoms with E-state index in [9.17, 15) is 13.2 Å². The first-order valence-corrected chi connectivity index (χ1v) is 10.7. The molecular weight excluding hydrogens is 378 g/mol. The molecule has 0 amide bonds. The van der Waals surface area contributed by atoms with Gasteiger partial charge in [0.15, 0.2) is 0 Å². The molecule has 1 saturated heterocycles. The fourth-order valence-electron chi connectivity index (χ4n) is 3.46. The van der Waals surface area contributed by atoms with E-state index in [1.165, 1.54) is 29.6 Å². The molecule has 0 spiro atoms. The number of ether oxygens (including phenoxy) is 2. The van der Waals surface area contributed by atoms with Crippen LogP contribution in [0.1, 0.15) is 39.9 Å². The number of carbonyl (C=O) groups excluding carboxylic acids is 1. The minimum atomic E-state index is -3.72. The lowest BCUT2D eigenvalue weighted by Crippen LogP contribution is -2.28. The molecule has 28 heavy (non-hydrogen) atoms. The highest BCUT2D eigenvalue weighted by atomic mass is 32.2. The van der Waals surface area contributed by atoms with E-state index in [4.69, 9.17) is 9.47 Å². The van der Waals surface area contributed by atoms with Crippen molar-refractivity contribution in [1.82, 2.24) is 4.31 Å². The second-order valence-electron chi connectivity index (χ2n) is 7.05. The summed E-state index contributed by atoms with van der Waals surface area (Å²) < 4.78 is 37.9. The lowest BCUT2D eigenvalue weighted by Gasteiger charge is -2.18. The first-order chi connectivity index (χ1) is 13.3. The highest BCUT2D eigenvalue weighted by Crippen LogP contribution is 2.30. The maximum Gasteiger partial charge on any atom is 0.338 e. The summed E-state index contributed by atoms with van der Waals surface area (Å²) in [5, 5.41) is 0. The minimum Gasteiger partial charge on any atom is -0.495 e. The van der Waals surface area contributed by atoms with Crippen molar-refractivity contribution in [3.63, 3.8) is 0 Å². The molecule has 0 saturated carbocycles. The van der Waals surface area contributed by atoms with Gasteiger partial charge >= 0.3 is 5.97 Å². The Labute approximate surface area is 166 Å². The first kappa shape index (κ1) is 20.4. The third kappa shape index (κ3) is 4.36. The van der Waals surface area contributed by atoms with Gasteiger partial charge in [0.05, 0.1) is 12.7 Å². The number of esters is 1. The summed E-state index contributed by atoms with van der Waals surface area (Å²) in [6.07, 6.45) is 1.67. The van der Waals surface area contributed by atoms with Crippen LogP contribution in [0, 0.1) is 13.8 Å². The summed E-state index contributed by atoms with van der Waals surface area (Å²) >= 11 is 0. The van der Waals surface area contributed by atoms with Gasteiger partial charge in [0.2, 0.25) is 10.0 Å². The van der Waals surface area contributed by atoms with Crippen LogP contribution < -0.4 is 4.74 Å². The highest BCUT2D eigenvalue weighted by Gasteiger charge is 2.30. The van der Waals surface area contributed by atoms with Gasteiger partial charge in [-0.15, -0.1) is 0 Å². The number of nitrogens with zero attached hydrogens (tertiary/aromatic N) is 1. The Morgan fingerprint density at radius 1 is 1.04 bits per heavy atom. The quantitative estimate of drug-likeness (QED) is 0.691. The summed E-state index contributed by atoms with van der Waals surface area (Å²) in [4.78, 5) is 12.5. The maximum atomic E-state index is 12.9. The molecule has 0 aliphatic carbocycles. The van der Waals surface area contributed by atoms with Crippen molar-refractivity contribution in [2.24, 2.45) is 0 Å². The molecule has 0 N–H and O–H groups in total. The predicted molar refractivity (Wildman–Crippen MR) is 106 cm³/mol. The Hall–Kier alpha value is -2.38. The summed E-state index contributed by atoms with van der Waals surface area (Å²) in [5.41, 5.74) is 3.26. The zero-order valence-corrected chi connectivity index (χ0v) is 17.2. The number of sulfonamides is 1. The van der Waals surface area contributed by atoms with E-state index in [2.05, 4.69) is 0 Å². The topological polar surface area (TPSA) is 72.9 Å². The van der Waals surface area contributed by atoms with Gasteiger partial charge in [-0.25, -0.2) is 13.2 Å². The first-order valence-electron chi connectivity index (χ1n) is 9.24. The molecular formula is C21H25NO5S. The number of hydrogen-bond donors (Lipinski definition) is 0. The molecule has 2 aromatic carbocycles. The van der Waals surface area contributed by atoms with Crippen LogP contribution in [-0.2, 0) is 21.4 Å². The van der Waals surface area contributed by atoms with Crippen molar-refractivity contribution in [3.05, 3.63) is 58.7 Å². The average molecular weight is 404 g/mol. The molecule has 0 radical (unpaired) electrons. The average Bonchev–Trinajstić information content (AvgIpc) is 3.20. The Kier molecular flexibility index (Phi) is 6.05. The van der Waals surface area contributed by atoms with Gasteiger partial charge in [-0.05, 0) is 50.5 Å². The Morgan fingerprint density at radius 3 is 2.29 bits per heavy atom. The lowest BCUT2D eigenvalue weighted by molar-refractivity contribution is 0.0472. The number of hydrogen-bond acceptors (Lipinski definition) is 5. The molecule has 0 bridgehead atoms. The fourth-order valence-corrected chi connectivity index (χ4v) is 5.16. The zero-order valence-electron chi connectivity index (χ0n) is 16.4. The monoisotopic (exact) mass is 403 g/mol.